The minimum absolute atomic E-state index is 0.0323. The molecule has 0 radical (unpaired) electrons. The zero-order valence-electron chi connectivity index (χ0n) is 15.3. The first-order chi connectivity index (χ1) is 12.5. The minimum atomic E-state index is -0.165. The number of para-hydroxylation sites is 1. The van der Waals surface area contributed by atoms with Crippen LogP contribution in [0.5, 0.6) is 0 Å². The van der Waals surface area contributed by atoms with Crippen molar-refractivity contribution in [3.8, 4) is 0 Å². The van der Waals surface area contributed by atoms with E-state index in [1.165, 1.54) is 0 Å². The van der Waals surface area contributed by atoms with E-state index in [2.05, 4.69) is 34.0 Å². The number of fused-ring (bicyclic) bond motifs is 1. The van der Waals surface area contributed by atoms with Crippen molar-refractivity contribution in [2.75, 3.05) is 26.2 Å². The van der Waals surface area contributed by atoms with E-state index in [0.29, 0.717) is 36.1 Å². The summed E-state index contributed by atoms with van der Waals surface area (Å²) in [4.78, 5) is 33.6. The van der Waals surface area contributed by atoms with Gasteiger partial charge in [0.1, 0.15) is 5.82 Å². The number of benzene rings is 1. The van der Waals surface area contributed by atoms with Crippen LogP contribution in [0.15, 0.2) is 29.1 Å². The molecule has 1 fully saturated rings. The number of aryl methyl sites for hydroxylation is 1. The second kappa shape index (κ2) is 8.42. The summed E-state index contributed by atoms with van der Waals surface area (Å²) >= 11 is 0. The molecule has 140 valence electrons. The van der Waals surface area contributed by atoms with E-state index in [0.717, 1.165) is 19.6 Å². The van der Waals surface area contributed by atoms with Gasteiger partial charge in [-0.25, -0.2) is 4.98 Å². The number of nitrogens with one attached hydrogen (secondary N) is 2. The number of carbonyl (C=O) groups excluding carboxylic acids is 1. The Bertz CT molecular complexity index is 810. The molecule has 2 atom stereocenters. The molecule has 2 N–H and O–H groups in total. The van der Waals surface area contributed by atoms with Crippen LogP contribution in [-0.2, 0) is 16.0 Å². The van der Waals surface area contributed by atoms with Gasteiger partial charge in [0.25, 0.3) is 5.56 Å². The van der Waals surface area contributed by atoms with Gasteiger partial charge in [-0.2, -0.15) is 0 Å². The molecule has 1 aromatic carbocycles. The predicted molar refractivity (Wildman–Crippen MR) is 100 cm³/mol. The summed E-state index contributed by atoms with van der Waals surface area (Å²) < 4.78 is 5.71. The Kier molecular flexibility index (Phi) is 6.00. The molecule has 1 aromatic heterocycles. The summed E-state index contributed by atoms with van der Waals surface area (Å²) in [6.45, 7) is 7.34. The molecular formula is C19H26N4O3. The summed E-state index contributed by atoms with van der Waals surface area (Å²) in [7, 11) is 0. The molecule has 2 unspecified atom stereocenters. The maximum absolute atomic E-state index is 12.1. The van der Waals surface area contributed by atoms with E-state index >= 15 is 0 Å². The summed E-state index contributed by atoms with van der Waals surface area (Å²) in [6.07, 6.45) is 1.17. The highest BCUT2D eigenvalue weighted by molar-refractivity contribution is 5.78. The second-order valence-electron chi connectivity index (χ2n) is 6.90. The van der Waals surface area contributed by atoms with Crippen molar-refractivity contribution in [3.63, 3.8) is 0 Å². The number of rotatable bonds is 6. The van der Waals surface area contributed by atoms with Gasteiger partial charge in [0.05, 0.1) is 23.1 Å². The number of nitrogens with zero attached hydrogens (tertiary/aromatic N) is 2. The van der Waals surface area contributed by atoms with E-state index < -0.39 is 0 Å². The maximum atomic E-state index is 12.1. The molecule has 7 nitrogen and oxygen atoms in total. The first-order valence-electron chi connectivity index (χ1n) is 9.13. The smallest absolute Gasteiger partial charge is 0.258 e. The lowest BCUT2D eigenvalue weighted by Gasteiger charge is -2.35. The number of amides is 1. The zero-order chi connectivity index (χ0) is 18.5. The van der Waals surface area contributed by atoms with Gasteiger partial charge < -0.3 is 15.0 Å². The predicted octanol–water partition coefficient (Wildman–Crippen LogP) is 1.08. The second-order valence-corrected chi connectivity index (χ2v) is 6.90. The molecule has 0 aliphatic carbocycles. The number of carbonyl (C=O) groups is 1. The third-order valence-corrected chi connectivity index (χ3v) is 4.50. The third-order valence-electron chi connectivity index (χ3n) is 4.50. The number of morpholine rings is 1. The molecule has 0 spiro atoms. The first kappa shape index (κ1) is 18.5. The van der Waals surface area contributed by atoms with Gasteiger partial charge in [-0.15, -0.1) is 0 Å². The highest BCUT2D eigenvalue weighted by atomic mass is 16.5. The molecule has 2 heterocycles. The number of ether oxygens (including phenoxy) is 1. The first-order valence-corrected chi connectivity index (χ1v) is 9.13. The molecule has 1 aliphatic heterocycles. The van der Waals surface area contributed by atoms with Crippen LogP contribution >= 0.6 is 0 Å². The van der Waals surface area contributed by atoms with Gasteiger partial charge in [-0.1, -0.05) is 12.1 Å². The molecule has 1 amide bonds. The van der Waals surface area contributed by atoms with E-state index in [1.54, 1.807) is 12.1 Å². The van der Waals surface area contributed by atoms with Crippen molar-refractivity contribution in [3.05, 3.63) is 40.4 Å². The van der Waals surface area contributed by atoms with Crippen molar-refractivity contribution in [1.82, 2.24) is 20.2 Å². The quantitative estimate of drug-likeness (QED) is 0.807. The summed E-state index contributed by atoms with van der Waals surface area (Å²) in [5, 5.41) is 3.50. The normalized spacial score (nSPS) is 21.0. The Balaban J connectivity index is 1.45. The monoisotopic (exact) mass is 358 g/mol. The van der Waals surface area contributed by atoms with Crippen LogP contribution in [0.1, 0.15) is 26.1 Å². The van der Waals surface area contributed by atoms with Crippen LogP contribution < -0.4 is 10.9 Å². The van der Waals surface area contributed by atoms with E-state index in [4.69, 9.17) is 4.74 Å². The summed E-state index contributed by atoms with van der Waals surface area (Å²) in [5.74, 6) is 0.509. The molecular weight excluding hydrogens is 332 g/mol. The topological polar surface area (TPSA) is 87.3 Å². The molecule has 0 saturated carbocycles. The zero-order valence-corrected chi connectivity index (χ0v) is 15.3. The largest absolute Gasteiger partial charge is 0.373 e. The fourth-order valence-electron chi connectivity index (χ4n) is 3.39. The minimum Gasteiger partial charge on any atom is -0.373 e. The Labute approximate surface area is 152 Å². The van der Waals surface area contributed by atoms with Crippen LogP contribution in [-0.4, -0.2) is 59.2 Å². The Hall–Kier alpha value is -2.25. The van der Waals surface area contributed by atoms with E-state index in [-0.39, 0.29) is 23.7 Å². The summed E-state index contributed by atoms with van der Waals surface area (Å²) in [6, 6.07) is 7.20. The maximum Gasteiger partial charge on any atom is 0.258 e. The Morgan fingerprint density at radius 2 is 2.04 bits per heavy atom. The highest BCUT2D eigenvalue weighted by Crippen LogP contribution is 2.09. The van der Waals surface area contributed by atoms with Crippen LogP contribution in [0.25, 0.3) is 10.9 Å². The van der Waals surface area contributed by atoms with Crippen LogP contribution in [0.3, 0.4) is 0 Å². The third kappa shape index (κ3) is 4.89. The lowest BCUT2D eigenvalue weighted by molar-refractivity contribution is -0.121. The van der Waals surface area contributed by atoms with Gasteiger partial charge in [-0.05, 0) is 26.0 Å². The van der Waals surface area contributed by atoms with Gasteiger partial charge >= 0.3 is 0 Å². The van der Waals surface area contributed by atoms with Crippen molar-refractivity contribution < 1.29 is 9.53 Å². The lowest BCUT2D eigenvalue weighted by Crippen LogP contribution is -2.47. The molecule has 1 saturated heterocycles. The van der Waals surface area contributed by atoms with E-state index in [9.17, 15) is 9.59 Å². The standard InChI is InChI=1S/C19H26N4O3/c1-13-11-23(12-14(2)26-13)10-9-20-18(24)8-7-17-21-16-6-4-3-5-15(16)19(25)22-17/h3-6,13-14H,7-12H2,1-2H3,(H,20,24)(H,21,22,25). The average molecular weight is 358 g/mol. The Morgan fingerprint density at radius 1 is 1.31 bits per heavy atom. The fraction of sp³-hybridized carbons (Fsp3) is 0.526. The number of aromatic nitrogens is 2. The van der Waals surface area contributed by atoms with Crippen molar-refractivity contribution in [2.45, 2.75) is 38.9 Å². The number of aromatic amines is 1. The van der Waals surface area contributed by atoms with Gasteiger partial charge in [0.2, 0.25) is 5.91 Å². The van der Waals surface area contributed by atoms with Gasteiger partial charge in [0.15, 0.2) is 0 Å². The van der Waals surface area contributed by atoms with Gasteiger partial charge in [-0.3, -0.25) is 14.5 Å². The molecule has 3 rings (SSSR count). The molecule has 26 heavy (non-hydrogen) atoms. The number of hydrogen-bond donors (Lipinski definition) is 2. The fourth-order valence-corrected chi connectivity index (χ4v) is 3.39. The van der Waals surface area contributed by atoms with Crippen molar-refractivity contribution >= 4 is 16.8 Å². The Morgan fingerprint density at radius 3 is 2.81 bits per heavy atom. The summed E-state index contributed by atoms with van der Waals surface area (Å²) in [5.41, 5.74) is 0.490. The average Bonchev–Trinajstić information content (AvgIpc) is 2.59. The number of hydrogen-bond acceptors (Lipinski definition) is 5. The van der Waals surface area contributed by atoms with Crippen molar-refractivity contribution in [1.29, 1.82) is 0 Å². The molecule has 1 aliphatic rings. The molecule has 7 heteroatoms. The van der Waals surface area contributed by atoms with Gasteiger partial charge in [0, 0.05) is 39.0 Å². The van der Waals surface area contributed by atoms with Crippen LogP contribution in [0, 0.1) is 0 Å². The number of H-pyrrole nitrogens is 1. The molecule has 0 bridgehead atoms. The van der Waals surface area contributed by atoms with Crippen molar-refractivity contribution in [2.24, 2.45) is 0 Å². The van der Waals surface area contributed by atoms with Crippen LogP contribution in [0.2, 0.25) is 0 Å². The molecule has 2 aromatic rings. The highest BCUT2D eigenvalue weighted by Gasteiger charge is 2.21. The SMILES string of the molecule is CC1CN(CCNC(=O)CCc2nc3ccccc3c(=O)[nH]2)CC(C)O1. The van der Waals surface area contributed by atoms with Crippen LogP contribution in [0.4, 0.5) is 0 Å². The lowest BCUT2D eigenvalue weighted by atomic mass is 10.2. The van der Waals surface area contributed by atoms with E-state index in [1.807, 2.05) is 12.1 Å².